The summed E-state index contributed by atoms with van der Waals surface area (Å²) in [5, 5.41) is 11.4. The van der Waals surface area contributed by atoms with E-state index in [9.17, 15) is 9.59 Å². The van der Waals surface area contributed by atoms with E-state index in [-0.39, 0.29) is 18.4 Å². The molecule has 6 nitrogen and oxygen atoms in total. The van der Waals surface area contributed by atoms with Gasteiger partial charge in [-0.2, -0.15) is 0 Å². The molecular weight excluding hydrogens is 274 g/mol. The van der Waals surface area contributed by atoms with Crippen molar-refractivity contribution < 1.29 is 24.2 Å². The average molecular weight is 293 g/mol. The molecular formula is C15H19NO5. The van der Waals surface area contributed by atoms with Crippen LogP contribution in [0, 0.1) is 0 Å². The maximum absolute atomic E-state index is 12.1. The smallest absolute Gasteiger partial charge is 0.303 e. The second-order valence-electron chi connectivity index (χ2n) is 5.02. The molecule has 0 saturated carbocycles. The van der Waals surface area contributed by atoms with E-state index in [1.165, 1.54) is 0 Å². The molecule has 1 amide bonds. The fraction of sp³-hybridized carbons (Fsp3) is 0.467. The first kappa shape index (κ1) is 15.2. The maximum atomic E-state index is 12.1. The summed E-state index contributed by atoms with van der Waals surface area (Å²) in [6.07, 6.45) is 1.28. The molecule has 1 aromatic carbocycles. The largest absolute Gasteiger partial charge is 0.486 e. The third kappa shape index (κ3) is 4.37. The quantitative estimate of drug-likeness (QED) is 0.836. The van der Waals surface area contributed by atoms with E-state index in [1.54, 1.807) is 18.2 Å². The van der Waals surface area contributed by atoms with Crippen LogP contribution in [0.25, 0.3) is 0 Å². The predicted octanol–water partition coefficient (Wildman–Crippen LogP) is 1.83. The number of amides is 1. The minimum Gasteiger partial charge on any atom is -0.486 e. The van der Waals surface area contributed by atoms with Crippen LogP contribution < -0.4 is 14.8 Å². The number of ether oxygens (including phenoxy) is 2. The van der Waals surface area contributed by atoms with E-state index in [1.807, 2.05) is 6.92 Å². The van der Waals surface area contributed by atoms with Crippen molar-refractivity contribution in [2.75, 3.05) is 13.2 Å². The Kier molecular flexibility index (Phi) is 5.03. The summed E-state index contributed by atoms with van der Waals surface area (Å²) in [5.74, 6) is 0.204. The number of benzene rings is 1. The van der Waals surface area contributed by atoms with Gasteiger partial charge >= 0.3 is 5.97 Å². The van der Waals surface area contributed by atoms with Crippen LogP contribution in [0.1, 0.15) is 36.5 Å². The summed E-state index contributed by atoms with van der Waals surface area (Å²) in [7, 11) is 0. The van der Waals surface area contributed by atoms with Crippen molar-refractivity contribution >= 4 is 11.9 Å². The highest BCUT2D eigenvalue weighted by atomic mass is 16.6. The molecule has 1 atom stereocenters. The first-order valence-electron chi connectivity index (χ1n) is 6.98. The van der Waals surface area contributed by atoms with E-state index in [2.05, 4.69) is 5.32 Å². The Morgan fingerprint density at radius 1 is 1.29 bits per heavy atom. The van der Waals surface area contributed by atoms with Gasteiger partial charge in [0.2, 0.25) is 0 Å². The Morgan fingerprint density at radius 3 is 2.71 bits per heavy atom. The van der Waals surface area contributed by atoms with Crippen molar-refractivity contribution in [1.29, 1.82) is 0 Å². The topological polar surface area (TPSA) is 84.9 Å². The molecule has 1 aliphatic heterocycles. The average Bonchev–Trinajstić information content (AvgIpc) is 2.46. The molecule has 1 heterocycles. The number of carbonyl (C=O) groups is 2. The minimum atomic E-state index is -0.819. The Hall–Kier alpha value is -2.24. The van der Waals surface area contributed by atoms with Crippen molar-refractivity contribution in [2.24, 2.45) is 0 Å². The van der Waals surface area contributed by atoms with Crippen molar-refractivity contribution in [1.82, 2.24) is 5.32 Å². The van der Waals surface area contributed by atoms with Crippen LogP contribution in [0.5, 0.6) is 11.5 Å². The normalized spacial score (nSPS) is 14.3. The van der Waals surface area contributed by atoms with Crippen molar-refractivity contribution in [3.05, 3.63) is 23.8 Å². The van der Waals surface area contributed by atoms with Gasteiger partial charge < -0.3 is 19.9 Å². The van der Waals surface area contributed by atoms with Gasteiger partial charge in [0.05, 0.1) is 0 Å². The maximum Gasteiger partial charge on any atom is 0.303 e. The van der Waals surface area contributed by atoms with Crippen LogP contribution in [-0.2, 0) is 4.79 Å². The molecule has 0 aromatic heterocycles. The Bertz CT molecular complexity index is 529. The highest BCUT2D eigenvalue weighted by Gasteiger charge is 2.16. The van der Waals surface area contributed by atoms with E-state index in [4.69, 9.17) is 14.6 Å². The molecule has 0 bridgehead atoms. The predicted molar refractivity (Wildman–Crippen MR) is 75.8 cm³/mol. The van der Waals surface area contributed by atoms with Crippen molar-refractivity contribution in [3.63, 3.8) is 0 Å². The number of hydrogen-bond donors (Lipinski definition) is 2. The van der Waals surface area contributed by atoms with Crippen molar-refractivity contribution in [2.45, 2.75) is 32.2 Å². The highest BCUT2D eigenvalue weighted by molar-refractivity contribution is 5.95. The molecule has 6 heteroatoms. The Morgan fingerprint density at radius 2 is 2.00 bits per heavy atom. The third-order valence-electron chi connectivity index (χ3n) is 3.21. The number of carbonyl (C=O) groups excluding carboxylic acids is 1. The molecule has 1 aromatic rings. The van der Waals surface area contributed by atoms with Gasteiger partial charge in [-0.15, -0.1) is 0 Å². The number of aliphatic carboxylic acids is 1. The van der Waals surface area contributed by atoms with Crippen LogP contribution in [0.3, 0.4) is 0 Å². The molecule has 0 spiro atoms. The summed E-state index contributed by atoms with van der Waals surface area (Å²) in [6.45, 7) is 2.85. The number of fused-ring (bicyclic) bond motifs is 1. The van der Waals surface area contributed by atoms with Gasteiger partial charge in [0.15, 0.2) is 11.5 Å². The zero-order chi connectivity index (χ0) is 15.2. The first-order chi connectivity index (χ1) is 10.1. The molecule has 0 saturated heterocycles. The van der Waals surface area contributed by atoms with Gasteiger partial charge in [0.1, 0.15) is 13.2 Å². The highest BCUT2D eigenvalue weighted by Crippen LogP contribution is 2.30. The van der Waals surface area contributed by atoms with Gasteiger partial charge in [0, 0.05) is 18.0 Å². The molecule has 0 radical (unpaired) electrons. The second-order valence-corrected chi connectivity index (χ2v) is 5.02. The number of carboxylic acid groups (broad SMARTS) is 1. The Labute approximate surface area is 123 Å². The van der Waals surface area contributed by atoms with Gasteiger partial charge in [-0.3, -0.25) is 9.59 Å². The van der Waals surface area contributed by atoms with Crippen molar-refractivity contribution in [3.8, 4) is 11.5 Å². The van der Waals surface area contributed by atoms with Gasteiger partial charge in [0.25, 0.3) is 5.91 Å². The summed E-state index contributed by atoms with van der Waals surface area (Å²) in [5.41, 5.74) is 0.504. The molecule has 114 valence electrons. The lowest BCUT2D eigenvalue weighted by molar-refractivity contribution is -0.137. The van der Waals surface area contributed by atoms with E-state index in [0.717, 1.165) is 0 Å². The molecule has 1 aliphatic rings. The molecule has 0 aliphatic carbocycles. The molecule has 0 fully saturated rings. The third-order valence-corrected chi connectivity index (χ3v) is 3.21. The summed E-state index contributed by atoms with van der Waals surface area (Å²) < 4.78 is 10.8. The number of rotatable bonds is 6. The lowest BCUT2D eigenvalue weighted by Crippen LogP contribution is -2.32. The standard InChI is InChI=1S/C15H19NO5/c1-10(3-2-4-14(17)18)16-15(19)11-5-6-12-13(9-11)21-8-7-20-12/h5-6,9-10H,2-4,7-8H2,1H3,(H,16,19)(H,17,18). The monoisotopic (exact) mass is 293 g/mol. The van der Waals surface area contributed by atoms with Crippen LogP contribution in [0.4, 0.5) is 0 Å². The number of hydrogen-bond acceptors (Lipinski definition) is 4. The minimum absolute atomic E-state index is 0.0787. The van der Waals surface area contributed by atoms with E-state index >= 15 is 0 Å². The van der Waals surface area contributed by atoms with Gasteiger partial charge in [-0.05, 0) is 38.0 Å². The fourth-order valence-corrected chi connectivity index (χ4v) is 2.12. The van der Waals surface area contributed by atoms with E-state index in [0.29, 0.717) is 43.1 Å². The lowest BCUT2D eigenvalue weighted by Gasteiger charge is -2.19. The molecule has 2 rings (SSSR count). The zero-order valence-electron chi connectivity index (χ0n) is 11.9. The van der Waals surface area contributed by atoms with Crippen LogP contribution in [-0.4, -0.2) is 36.2 Å². The molecule has 21 heavy (non-hydrogen) atoms. The number of nitrogens with one attached hydrogen (secondary N) is 1. The fourth-order valence-electron chi connectivity index (χ4n) is 2.12. The molecule has 2 N–H and O–H groups in total. The zero-order valence-corrected chi connectivity index (χ0v) is 11.9. The SMILES string of the molecule is CC(CCCC(=O)O)NC(=O)c1ccc2c(c1)OCCO2. The van der Waals surface area contributed by atoms with Crippen LogP contribution >= 0.6 is 0 Å². The molecule has 1 unspecified atom stereocenters. The van der Waals surface area contributed by atoms with Gasteiger partial charge in [-0.1, -0.05) is 0 Å². The number of carboxylic acids is 1. The lowest BCUT2D eigenvalue weighted by atomic mass is 10.1. The van der Waals surface area contributed by atoms with Crippen LogP contribution in [0.2, 0.25) is 0 Å². The summed E-state index contributed by atoms with van der Waals surface area (Å²) in [6, 6.07) is 4.99. The summed E-state index contributed by atoms with van der Waals surface area (Å²) >= 11 is 0. The summed E-state index contributed by atoms with van der Waals surface area (Å²) in [4.78, 5) is 22.6. The second kappa shape index (κ2) is 6.97. The first-order valence-corrected chi connectivity index (χ1v) is 6.98. The van der Waals surface area contributed by atoms with Crippen LogP contribution in [0.15, 0.2) is 18.2 Å². The van der Waals surface area contributed by atoms with E-state index < -0.39 is 5.97 Å². The Balaban J connectivity index is 1.89. The van der Waals surface area contributed by atoms with Gasteiger partial charge in [-0.25, -0.2) is 0 Å².